The topological polar surface area (TPSA) is 34.2 Å². The number of ether oxygens (including phenoxy) is 1. The third-order valence-electron chi connectivity index (χ3n) is 3.12. The van der Waals surface area contributed by atoms with Crippen LogP contribution in [0.2, 0.25) is 0 Å². The van der Waals surface area contributed by atoms with Crippen LogP contribution in [0.15, 0.2) is 42.5 Å². The Morgan fingerprint density at radius 3 is 2.75 bits per heavy atom. The lowest BCUT2D eigenvalue weighted by atomic mass is 10.2. The van der Waals surface area contributed by atoms with Crippen molar-refractivity contribution >= 4 is 26.7 Å². The summed E-state index contributed by atoms with van der Waals surface area (Å²) in [6.07, 6.45) is 0. The number of hydrogen-bond donors (Lipinski definition) is 1. The van der Waals surface area contributed by atoms with Gasteiger partial charge in [-0.25, -0.2) is 4.98 Å². The van der Waals surface area contributed by atoms with Gasteiger partial charge in [-0.2, -0.15) is 0 Å². The average Bonchev–Trinajstić information content (AvgIpc) is 2.90. The van der Waals surface area contributed by atoms with Gasteiger partial charge in [-0.05, 0) is 30.2 Å². The Balaban J connectivity index is 1.85. The average molecular weight is 284 g/mol. The van der Waals surface area contributed by atoms with Gasteiger partial charge in [0.25, 0.3) is 0 Å². The Morgan fingerprint density at radius 1 is 1.20 bits per heavy atom. The number of benzene rings is 2. The van der Waals surface area contributed by atoms with E-state index in [0.29, 0.717) is 6.61 Å². The standard InChI is InChI=1S/C16H16N2OS/c1-11-8-13(19-10-12-6-4-3-5-7-12)9-14-15(11)18-16(17-2)20-14/h3-9H,10H2,1-2H3,(H,17,18). The molecule has 20 heavy (non-hydrogen) atoms. The van der Waals surface area contributed by atoms with Crippen molar-refractivity contribution in [2.45, 2.75) is 13.5 Å². The second-order valence-corrected chi connectivity index (χ2v) is 5.66. The number of aromatic nitrogens is 1. The molecule has 3 rings (SSSR count). The molecular weight excluding hydrogens is 268 g/mol. The number of nitrogens with one attached hydrogen (secondary N) is 1. The molecule has 0 aliphatic carbocycles. The van der Waals surface area contributed by atoms with Crippen molar-refractivity contribution in [3.8, 4) is 5.75 Å². The minimum absolute atomic E-state index is 0.587. The summed E-state index contributed by atoms with van der Waals surface area (Å²) in [6, 6.07) is 14.3. The SMILES string of the molecule is CNc1nc2c(C)cc(OCc3ccccc3)cc2s1. The minimum atomic E-state index is 0.587. The number of rotatable bonds is 4. The summed E-state index contributed by atoms with van der Waals surface area (Å²) in [5, 5.41) is 4.02. The molecule has 0 aliphatic heterocycles. The van der Waals surface area contributed by atoms with Gasteiger partial charge in [0, 0.05) is 7.05 Å². The lowest BCUT2D eigenvalue weighted by Gasteiger charge is -2.07. The lowest BCUT2D eigenvalue weighted by Crippen LogP contribution is -1.95. The van der Waals surface area contributed by atoms with E-state index in [1.54, 1.807) is 11.3 Å². The monoisotopic (exact) mass is 284 g/mol. The van der Waals surface area contributed by atoms with Crippen LogP contribution < -0.4 is 10.1 Å². The van der Waals surface area contributed by atoms with E-state index >= 15 is 0 Å². The van der Waals surface area contributed by atoms with Gasteiger partial charge in [-0.3, -0.25) is 0 Å². The quantitative estimate of drug-likeness (QED) is 0.778. The van der Waals surface area contributed by atoms with Crippen LogP contribution in [-0.2, 0) is 6.61 Å². The predicted octanol–water partition coefficient (Wildman–Crippen LogP) is 4.23. The molecule has 3 nitrogen and oxygen atoms in total. The van der Waals surface area contributed by atoms with Crippen LogP contribution in [0.4, 0.5) is 5.13 Å². The maximum atomic E-state index is 5.88. The third kappa shape index (κ3) is 2.60. The molecule has 0 radical (unpaired) electrons. The van der Waals surface area contributed by atoms with Crippen molar-refractivity contribution in [3.05, 3.63) is 53.6 Å². The molecule has 0 atom stereocenters. The molecule has 1 aromatic heterocycles. The molecule has 1 N–H and O–H groups in total. The van der Waals surface area contributed by atoms with Crippen LogP contribution in [0.1, 0.15) is 11.1 Å². The summed E-state index contributed by atoms with van der Waals surface area (Å²) < 4.78 is 7.03. The first-order valence-corrected chi connectivity index (χ1v) is 7.33. The van der Waals surface area contributed by atoms with Crippen molar-refractivity contribution < 1.29 is 4.74 Å². The Bertz CT molecular complexity index is 722. The van der Waals surface area contributed by atoms with Crippen LogP contribution in [-0.4, -0.2) is 12.0 Å². The highest BCUT2D eigenvalue weighted by atomic mass is 32.1. The zero-order valence-electron chi connectivity index (χ0n) is 11.5. The van der Waals surface area contributed by atoms with E-state index in [0.717, 1.165) is 26.7 Å². The summed E-state index contributed by atoms with van der Waals surface area (Å²) in [5.41, 5.74) is 3.36. The molecule has 2 aromatic carbocycles. The Hall–Kier alpha value is -2.07. The van der Waals surface area contributed by atoms with Crippen LogP contribution in [0.25, 0.3) is 10.2 Å². The first-order chi connectivity index (χ1) is 9.76. The maximum Gasteiger partial charge on any atom is 0.183 e. The van der Waals surface area contributed by atoms with Gasteiger partial charge in [0.05, 0.1) is 10.2 Å². The molecule has 0 aliphatic rings. The number of aryl methyl sites for hydroxylation is 1. The second-order valence-electron chi connectivity index (χ2n) is 4.63. The van der Waals surface area contributed by atoms with Crippen molar-refractivity contribution in [2.24, 2.45) is 0 Å². The first-order valence-electron chi connectivity index (χ1n) is 6.52. The number of anilines is 1. The largest absolute Gasteiger partial charge is 0.489 e. The minimum Gasteiger partial charge on any atom is -0.489 e. The molecule has 3 aromatic rings. The number of fused-ring (bicyclic) bond motifs is 1. The van der Waals surface area contributed by atoms with Crippen LogP contribution in [0.3, 0.4) is 0 Å². The summed E-state index contributed by atoms with van der Waals surface area (Å²) in [4.78, 5) is 4.54. The van der Waals surface area contributed by atoms with E-state index in [9.17, 15) is 0 Å². The number of nitrogens with zero attached hydrogens (tertiary/aromatic N) is 1. The Labute approximate surface area is 122 Å². The molecule has 0 saturated heterocycles. The molecule has 0 saturated carbocycles. The molecule has 1 heterocycles. The lowest BCUT2D eigenvalue weighted by molar-refractivity contribution is 0.306. The van der Waals surface area contributed by atoms with Gasteiger partial charge in [0.15, 0.2) is 5.13 Å². The molecular formula is C16H16N2OS. The van der Waals surface area contributed by atoms with Gasteiger partial charge in [-0.15, -0.1) is 0 Å². The highest BCUT2D eigenvalue weighted by molar-refractivity contribution is 7.22. The molecule has 0 spiro atoms. The van der Waals surface area contributed by atoms with E-state index in [1.807, 2.05) is 31.3 Å². The van der Waals surface area contributed by atoms with E-state index in [2.05, 4.69) is 35.4 Å². The Morgan fingerprint density at radius 2 is 2.00 bits per heavy atom. The first kappa shape index (κ1) is 12.9. The van der Waals surface area contributed by atoms with Crippen LogP contribution >= 0.6 is 11.3 Å². The zero-order valence-corrected chi connectivity index (χ0v) is 12.3. The summed E-state index contributed by atoms with van der Waals surface area (Å²) in [7, 11) is 1.89. The normalized spacial score (nSPS) is 10.7. The van der Waals surface area contributed by atoms with Crippen molar-refractivity contribution in [3.63, 3.8) is 0 Å². The fourth-order valence-corrected chi connectivity index (χ4v) is 3.02. The predicted molar refractivity (Wildman–Crippen MR) is 84.7 cm³/mol. The highest BCUT2D eigenvalue weighted by Gasteiger charge is 2.08. The highest BCUT2D eigenvalue weighted by Crippen LogP contribution is 2.31. The third-order valence-corrected chi connectivity index (χ3v) is 4.14. The molecule has 0 unspecified atom stereocenters. The molecule has 0 amide bonds. The molecule has 4 heteroatoms. The second kappa shape index (κ2) is 5.51. The van der Waals surface area contributed by atoms with Gasteiger partial charge in [0.1, 0.15) is 12.4 Å². The van der Waals surface area contributed by atoms with E-state index in [-0.39, 0.29) is 0 Å². The smallest absolute Gasteiger partial charge is 0.183 e. The van der Waals surface area contributed by atoms with Gasteiger partial charge in [-0.1, -0.05) is 41.7 Å². The van der Waals surface area contributed by atoms with Gasteiger partial charge < -0.3 is 10.1 Å². The Kier molecular flexibility index (Phi) is 3.56. The van der Waals surface area contributed by atoms with Crippen molar-refractivity contribution in [2.75, 3.05) is 12.4 Å². The van der Waals surface area contributed by atoms with Crippen LogP contribution in [0.5, 0.6) is 5.75 Å². The van der Waals surface area contributed by atoms with E-state index < -0.39 is 0 Å². The summed E-state index contributed by atoms with van der Waals surface area (Å²) in [6.45, 7) is 2.65. The van der Waals surface area contributed by atoms with E-state index in [4.69, 9.17) is 4.74 Å². The van der Waals surface area contributed by atoms with Crippen molar-refractivity contribution in [1.82, 2.24) is 4.98 Å². The summed E-state index contributed by atoms with van der Waals surface area (Å²) in [5.74, 6) is 0.894. The summed E-state index contributed by atoms with van der Waals surface area (Å²) >= 11 is 1.65. The number of hydrogen-bond acceptors (Lipinski definition) is 4. The fourth-order valence-electron chi connectivity index (χ4n) is 2.10. The number of thiazole rings is 1. The zero-order chi connectivity index (χ0) is 13.9. The van der Waals surface area contributed by atoms with Crippen molar-refractivity contribution in [1.29, 1.82) is 0 Å². The van der Waals surface area contributed by atoms with Gasteiger partial charge >= 0.3 is 0 Å². The van der Waals surface area contributed by atoms with Crippen LogP contribution in [0, 0.1) is 6.92 Å². The maximum absolute atomic E-state index is 5.88. The van der Waals surface area contributed by atoms with E-state index in [1.165, 1.54) is 5.56 Å². The molecule has 0 fully saturated rings. The molecule has 102 valence electrons. The van der Waals surface area contributed by atoms with Gasteiger partial charge in [0.2, 0.25) is 0 Å². The molecule has 0 bridgehead atoms. The fraction of sp³-hybridized carbons (Fsp3) is 0.188.